The van der Waals surface area contributed by atoms with Crippen LogP contribution in [0.1, 0.15) is 19.8 Å². The van der Waals surface area contributed by atoms with Gasteiger partial charge in [0, 0.05) is 18.3 Å². The van der Waals surface area contributed by atoms with Gasteiger partial charge < -0.3 is 15.3 Å². The summed E-state index contributed by atoms with van der Waals surface area (Å²) >= 11 is 1.76. The molecule has 5 nitrogen and oxygen atoms in total. The number of likely N-dealkylation sites (N-methyl/N-ethyl adjacent to an activating group) is 1. The fourth-order valence-corrected chi connectivity index (χ4v) is 2.02. The van der Waals surface area contributed by atoms with E-state index in [4.69, 9.17) is 5.11 Å². The van der Waals surface area contributed by atoms with Crippen molar-refractivity contribution >= 4 is 23.8 Å². The van der Waals surface area contributed by atoms with Crippen LogP contribution in [0.5, 0.6) is 0 Å². The second-order valence-corrected chi connectivity index (χ2v) is 5.45. The highest BCUT2D eigenvalue weighted by molar-refractivity contribution is 8.00. The Labute approximate surface area is 99.6 Å². The van der Waals surface area contributed by atoms with Gasteiger partial charge in [0.05, 0.1) is 0 Å². The number of urea groups is 1. The van der Waals surface area contributed by atoms with Gasteiger partial charge in [0.2, 0.25) is 0 Å². The summed E-state index contributed by atoms with van der Waals surface area (Å²) in [6, 6.07) is -1.13. The minimum absolute atomic E-state index is 0.197. The van der Waals surface area contributed by atoms with Crippen LogP contribution < -0.4 is 5.32 Å². The first kappa shape index (κ1) is 13.2. The number of nitrogens with one attached hydrogen (secondary N) is 1. The van der Waals surface area contributed by atoms with Crippen LogP contribution in [-0.2, 0) is 4.79 Å². The predicted octanol–water partition coefficient (Wildman–Crippen LogP) is 0.996. The smallest absolute Gasteiger partial charge is 0.326 e. The van der Waals surface area contributed by atoms with E-state index in [1.165, 1.54) is 18.9 Å². The molecule has 1 saturated carbocycles. The third-order valence-corrected chi connectivity index (χ3v) is 4.48. The topological polar surface area (TPSA) is 69.6 Å². The molecule has 1 aliphatic carbocycles. The lowest BCUT2D eigenvalue weighted by atomic mass is 10.3. The standard InChI is InChI=1S/C10H18N2O3S/c1-7(8(13)14)12(2)9(15)11-6-10(16-3)4-5-10/h7H,4-6H2,1-3H3,(H,11,15)(H,13,14). The highest BCUT2D eigenvalue weighted by Gasteiger charge is 2.42. The summed E-state index contributed by atoms with van der Waals surface area (Å²) < 4.78 is 0.197. The van der Waals surface area contributed by atoms with Gasteiger partial charge in [-0.05, 0) is 26.0 Å². The van der Waals surface area contributed by atoms with Crippen LogP contribution in [0.4, 0.5) is 4.79 Å². The van der Waals surface area contributed by atoms with Crippen molar-refractivity contribution in [3.8, 4) is 0 Å². The Morgan fingerprint density at radius 1 is 1.56 bits per heavy atom. The number of rotatable bonds is 5. The normalized spacial score (nSPS) is 18.7. The largest absolute Gasteiger partial charge is 0.480 e. The molecule has 1 rings (SSSR count). The summed E-state index contributed by atoms with van der Waals surface area (Å²) in [5.41, 5.74) is 0. The molecule has 0 aliphatic heterocycles. The van der Waals surface area contributed by atoms with Crippen LogP contribution in [0.15, 0.2) is 0 Å². The molecular weight excluding hydrogens is 228 g/mol. The number of carbonyl (C=O) groups is 2. The van der Waals surface area contributed by atoms with E-state index in [1.54, 1.807) is 11.8 Å². The average Bonchev–Trinajstić information content (AvgIpc) is 3.04. The highest BCUT2D eigenvalue weighted by Crippen LogP contribution is 2.46. The molecule has 0 spiro atoms. The van der Waals surface area contributed by atoms with E-state index in [1.807, 2.05) is 6.26 Å². The number of carbonyl (C=O) groups excluding carboxylic acids is 1. The van der Waals surface area contributed by atoms with Gasteiger partial charge in [-0.2, -0.15) is 11.8 Å². The maximum Gasteiger partial charge on any atom is 0.326 e. The summed E-state index contributed by atoms with van der Waals surface area (Å²) in [5, 5.41) is 11.5. The summed E-state index contributed by atoms with van der Waals surface area (Å²) in [5.74, 6) is -0.997. The Kier molecular flexibility index (Phi) is 4.07. The molecule has 0 radical (unpaired) electrons. The van der Waals surface area contributed by atoms with Gasteiger partial charge in [0.25, 0.3) is 0 Å². The number of carboxylic acid groups (broad SMARTS) is 1. The van der Waals surface area contributed by atoms with Crippen molar-refractivity contribution in [2.45, 2.75) is 30.6 Å². The zero-order valence-corrected chi connectivity index (χ0v) is 10.6. The molecule has 1 fully saturated rings. The van der Waals surface area contributed by atoms with Gasteiger partial charge in [-0.3, -0.25) is 0 Å². The number of hydrogen-bond donors (Lipinski definition) is 2. The van der Waals surface area contributed by atoms with Gasteiger partial charge in [0.15, 0.2) is 0 Å². The Morgan fingerprint density at radius 2 is 2.12 bits per heavy atom. The van der Waals surface area contributed by atoms with E-state index in [0.29, 0.717) is 6.54 Å². The van der Waals surface area contributed by atoms with Gasteiger partial charge in [-0.1, -0.05) is 0 Å². The van der Waals surface area contributed by atoms with Crippen molar-refractivity contribution < 1.29 is 14.7 Å². The molecule has 16 heavy (non-hydrogen) atoms. The molecule has 0 aromatic heterocycles. The van der Waals surface area contributed by atoms with Crippen LogP contribution in [0.3, 0.4) is 0 Å². The number of nitrogens with zero attached hydrogens (tertiary/aromatic N) is 1. The lowest BCUT2D eigenvalue weighted by molar-refractivity contribution is -0.141. The fourth-order valence-electron chi connectivity index (χ4n) is 1.30. The molecule has 1 atom stereocenters. The number of thioether (sulfide) groups is 1. The SMILES string of the molecule is CSC1(CNC(=O)N(C)C(C)C(=O)O)CC1. The molecule has 0 saturated heterocycles. The fraction of sp³-hybridized carbons (Fsp3) is 0.800. The molecule has 0 bridgehead atoms. The van der Waals surface area contributed by atoms with Gasteiger partial charge in [-0.25, -0.2) is 9.59 Å². The van der Waals surface area contributed by atoms with E-state index in [-0.39, 0.29) is 10.8 Å². The zero-order valence-electron chi connectivity index (χ0n) is 9.82. The molecule has 2 N–H and O–H groups in total. The second-order valence-electron chi connectivity index (χ2n) is 4.17. The monoisotopic (exact) mass is 246 g/mol. The molecule has 1 aliphatic rings. The molecule has 6 heteroatoms. The lowest BCUT2D eigenvalue weighted by Crippen LogP contribution is -2.47. The Hall–Kier alpha value is -0.910. The van der Waals surface area contributed by atoms with Crippen molar-refractivity contribution in [1.29, 1.82) is 0 Å². The van der Waals surface area contributed by atoms with Gasteiger partial charge >= 0.3 is 12.0 Å². The Morgan fingerprint density at radius 3 is 2.50 bits per heavy atom. The first-order chi connectivity index (χ1) is 7.42. The molecule has 92 valence electrons. The van der Waals surface area contributed by atoms with Crippen LogP contribution in [0, 0.1) is 0 Å². The van der Waals surface area contributed by atoms with Crippen LogP contribution >= 0.6 is 11.8 Å². The maximum atomic E-state index is 11.6. The zero-order chi connectivity index (χ0) is 12.3. The van der Waals surface area contributed by atoms with Crippen molar-refractivity contribution in [2.75, 3.05) is 19.8 Å². The molecule has 2 amide bonds. The third-order valence-electron chi connectivity index (χ3n) is 3.06. The van der Waals surface area contributed by atoms with Gasteiger partial charge in [-0.15, -0.1) is 0 Å². The van der Waals surface area contributed by atoms with Crippen LogP contribution in [0.2, 0.25) is 0 Å². The van der Waals surface area contributed by atoms with Crippen LogP contribution in [0.25, 0.3) is 0 Å². The van der Waals surface area contributed by atoms with E-state index >= 15 is 0 Å². The van der Waals surface area contributed by atoms with Crippen LogP contribution in [-0.4, -0.2) is 52.6 Å². The molecular formula is C10H18N2O3S. The molecule has 0 aromatic carbocycles. The summed E-state index contributed by atoms with van der Waals surface area (Å²) in [4.78, 5) is 23.5. The average molecular weight is 246 g/mol. The number of hydrogen-bond acceptors (Lipinski definition) is 3. The van der Waals surface area contributed by atoms with E-state index in [2.05, 4.69) is 5.32 Å². The van der Waals surface area contributed by atoms with E-state index in [9.17, 15) is 9.59 Å². The molecule has 0 aromatic rings. The number of carboxylic acids is 1. The van der Waals surface area contributed by atoms with Crippen molar-refractivity contribution in [2.24, 2.45) is 0 Å². The number of aliphatic carboxylic acids is 1. The number of amides is 2. The highest BCUT2D eigenvalue weighted by atomic mass is 32.2. The summed E-state index contributed by atoms with van der Waals surface area (Å²) in [6.07, 6.45) is 4.27. The first-order valence-electron chi connectivity index (χ1n) is 5.20. The minimum atomic E-state index is -0.997. The van der Waals surface area contributed by atoms with Crippen molar-refractivity contribution in [3.63, 3.8) is 0 Å². The minimum Gasteiger partial charge on any atom is -0.480 e. The molecule has 0 heterocycles. The second kappa shape index (κ2) is 4.95. The maximum absolute atomic E-state index is 11.6. The Balaban J connectivity index is 2.37. The van der Waals surface area contributed by atoms with Crippen molar-refractivity contribution in [1.82, 2.24) is 10.2 Å². The van der Waals surface area contributed by atoms with Gasteiger partial charge in [0.1, 0.15) is 6.04 Å². The quantitative estimate of drug-likeness (QED) is 0.759. The predicted molar refractivity (Wildman–Crippen MR) is 63.7 cm³/mol. The summed E-state index contributed by atoms with van der Waals surface area (Å²) in [7, 11) is 1.49. The lowest BCUT2D eigenvalue weighted by Gasteiger charge is -2.23. The van der Waals surface area contributed by atoms with E-state index in [0.717, 1.165) is 12.8 Å². The summed E-state index contributed by atoms with van der Waals surface area (Å²) in [6.45, 7) is 2.10. The van der Waals surface area contributed by atoms with E-state index < -0.39 is 12.0 Å². The third kappa shape index (κ3) is 3.04. The van der Waals surface area contributed by atoms with Crippen molar-refractivity contribution in [3.05, 3.63) is 0 Å². The first-order valence-corrected chi connectivity index (χ1v) is 6.43. The Bertz CT molecular complexity index is 292. The molecule has 1 unspecified atom stereocenters.